The maximum atomic E-state index is 11.2. The van der Waals surface area contributed by atoms with Crippen LogP contribution in [0.2, 0.25) is 0 Å². The summed E-state index contributed by atoms with van der Waals surface area (Å²) in [5.41, 5.74) is 1.83. The van der Waals surface area contributed by atoms with Crippen molar-refractivity contribution in [2.24, 2.45) is 7.05 Å². The first-order valence-corrected chi connectivity index (χ1v) is 7.12. The lowest BCUT2D eigenvalue weighted by atomic mass is 10.3. The van der Waals surface area contributed by atoms with Gasteiger partial charge >= 0.3 is 5.69 Å². The molecule has 19 heavy (non-hydrogen) atoms. The lowest BCUT2D eigenvalue weighted by molar-refractivity contribution is 0.765. The minimum Gasteiger partial charge on any atom is -0.385 e. The highest BCUT2D eigenvalue weighted by Crippen LogP contribution is 2.19. The van der Waals surface area contributed by atoms with E-state index in [0.29, 0.717) is 10.9 Å². The Morgan fingerprint density at radius 3 is 3.05 bits per heavy atom. The van der Waals surface area contributed by atoms with E-state index in [2.05, 4.69) is 27.4 Å². The summed E-state index contributed by atoms with van der Waals surface area (Å²) in [6.07, 6.45) is 2.87. The van der Waals surface area contributed by atoms with Crippen LogP contribution in [-0.4, -0.2) is 26.3 Å². The van der Waals surface area contributed by atoms with Crippen LogP contribution < -0.4 is 11.0 Å². The first kappa shape index (κ1) is 13.7. The number of thioether (sulfide) groups is 1. The number of anilines is 1. The number of pyridine rings is 1. The molecule has 2 aromatic rings. The molecule has 0 aliphatic carbocycles. The first-order chi connectivity index (χ1) is 9.20. The Hall–Kier alpha value is -1.76. The molecule has 0 unspecified atom stereocenters. The molecule has 6 nitrogen and oxygen atoms in total. The predicted octanol–water partition coefficient (Wildman–Crippen LogP) is 1.62. The van der Waals surface area contributed by atoms with Crippen molar-refractivity contribution < 1.29 is 0 Å². The Morgan fingerprint density at radius 2 is 2.37 bits per heavy atom. The molecule has 0 saturated carbocycles. The van der Waals surface area contributed by atoms with Gasteiger partial charge in [0.2, 0.25) is 0 Å². The third-order valence-corrected chi connectivity index (χ3v) is 3.65. The minimum absolute atomic E-state index is 0.200. The molecule has 2 rings (SSSR count). The van der Waals surface area contributed by atoms with Crippen LogP contribution in [0.1, 0.15) is 19.0 Å². The maximum Gasteiger partial charge on any atom is 0.343 e. The third-order valence-electron chi connectivity index (χ3n) is 2.58. The Kier molecular flexibility index (Phi) is 4.62. The normalized spacial score (nSPS) is 10.6. The third kappa shape index (κ3) is 3.60. The van der Waals surface area contributed by atoms with E-state index in [1.807, 2.05) is 12.1 Å². The van der Waals surface area contributed by atoms with E-state index in [-0.39, 0.29) is 5.69 Å². The summed E-state index contributed by atoms with van der Waals surface area (Å²) in [6, 6.07) is 3.97. The highest BCUT2D eigenvalue weighted by molar-refractivity contribution is 7.98. The van der Waals surface area contributed by atoms with Gasteiger partial charge < -0.3 is 5.32 Å². The number of nitrogens with zero attached hydrogens (tertiary/aromatic N) is 3. The minimum atomic E-state index is -0.200. The predicted molar refractivity (Wildman–Crippen MR) is 76.4 cm³/mol. The fourth-order valence-corrected chi connectivity index (χ4v) is 2.36. The van der Waals surface area contributed by atoms with Crippen molar-refractivity contribution in [2.75, 3.05) is 11.9 Å². The van der Waals surface area contributed by atoms with Gasteiger partial charge in [0.25, 0.3) is 0 Å². The van der Waals surface area contributed by atoms with Crippen LogP contribution >= 0.6 is 11.8 Å². The van der Waals surface area contributed by atoms with Crippen LogP contribution in [0.3, 0.4) is 0 Å². The highest BCUT2D eigenvalue weighted by Gasteiger charge is 2.06. The van der Waals surface area contributed by atoms with E-state index < -0.39 is 0 Å². The number of hydrogen-bond donors (Lipinski definition) is 2. The number of aromatic amines is 1. The summed E-state index contributed by atoms with van der Waals surface area (Å²) in [5.74, 6) is 0.680. The van der Waals surface area contributed by atoms with Crippen molar-refractivity contribution >= 4 is 17.4 Å². The fourth-order valence-electron chi connectivity index (χ4n) is 1.54. The Bertz CT molecular complexity index is 592. The smallest absolute Gasteiger partial charge is 0.343 e. The molecule has 0 aromatic carbocycles. The largest absolute Gasteiger partial charge is 0.385 e. The molecule has 0 aliphatic heterocycles. The molecule has 102 valence electrons. The van der Waals surface area contributed by atoms with Gasteiger partial charge in [-0.2, -0.15) is 0 Å². The highest BCUT2D eigenvalue weighted by atomic mass is 32.2. The number of aromatic nitrogens is 4. The average Bonchev–Trinajstić information content (AvgIpc) is 2.75. The first-order valence-electron chi connectivity index (χ1n) is 6.13. The van der Waals surface area contributed by atoms with Gasteiger partial charge in [-0.25, -0.2) is 9.89 Å². The summed E-state index contributed by atoms with van der Waals surface area (Å²) >= 11 is 1.48. The number of hydrogen-bond acceptors (Lipinski definition) is 5. The van der Waals surface area contributed by atoms with E-state index in [4.69, 9.17) is 0 Å². The molecule has 0 spiro atoms. The van der Waals surface area contributed by atoms with Crippen LogP contribution in [0.15, 0.2) is 28.3 Å². The summed E-state index contributed by atoms with van der Waals surface area (Å²) in [4.78, 5) is 15.5. The van der Waals surface area contributed by atoms with Gasteiger partial charge in [-0.05, 0) is 18.6 Å². The van der Waals surface area contributed by atoms with Crippen LogP contribution in [0.25, 0.3) is 0 Å². The van der Waals surface area contributed by atoms with Gasteiger partial charge in [-0.3, -0.25) is 9.55 Å². The number of rotatable bonds is 6. The zero-order valence-electron chi connectivity index (χ0n) is 11.0. The molecule has 0 amide bonds. The standard InChI is InChI=1S/C12H17N5OS/c1-3-5-13-9-4-6-14-10(7-9)8-19-12-16-15-11(18)17(12)2/h4,6-7H,3,5,8H2,1-2H3,(H,13,14)(H,15,18). The van der Waals surface area contributed by atoms with Crippen molar-refractivity contribution in [1.29, 1.82) is 0 Å². The molecular weight excluding hydrogens is 262 g/mol. The number of nitrogens with one attached hydrogen (secondary N) is 2. The Labute approximate surface area is 115 Å². The molecule has 0 saturated heterocycles. The molecule has 2 aromatic heterocycles. The molecule has 0 fully saturated rings. The second kappa shape index (κ2) is 6.42. The van der Waals surface area contributed by atoms with E-state index >= 15 is 0 Å². The quantitative estimate of drug-likeness (QED) is 0.786. The molecule has 0 aliphatic rings. The average molecular weight is 279 g/mol. The zero-order chi connectivity index (χ0) is 13.7. The van der Waals surface area contributed by atoms with Gasteiger partial charge in [0.05, 0.1) is 5.69 Å². The zero-order valence-corrected chi connectivity index (χ0v) is 11.8. The van der Waals surface area contributed by atoms with Gasteiger partial charge in [0, 0.05) is 31.2 Å². The summed E-state index contributed by atoms with van der Waals surface area (Å²) in [6.45, 7) is 3.08. The second-order valence-electron chi connectivity index (χ2n) is 4.12. The lowest BCUT2D eigenvalue weighted by Gasteiger charge is -2.06. The van der Waals surface area contributed by atoms with Crippen molar-refractivity contribution in [3.05, 3.63) is 34.5 Å². The topological polar surface area (TPSA) is 75.6 Å². The molecule has 0 bridgehead atoms. The second-order valence-corrected chi connectivity index (χ2v) is 5.06. The van der Waals surface area contributed by atoms with Gasteiger partial charge in [0.1, 0.15) is 0 Å². The van der Waals surface area contributed by atoms with Gasteiger partial charge in [-0.1, -0.05) is 18.7 Å². The van der Waals surface area contributed by atoms with Crippen LogP contribution in [0.5, 0.6) is 0 Å². The van der Waals surface area contributed by atoms with Crippen molar-refractivity contribution in [2.45, 2.75) is 24.3 Å². The lowest BCUT2D eigenvalue weighted by Crippen LogP contribution is -2.12. The SMILES string of the molecule is CCCNc1ccnc(CSc2n[nH]c(=O)n2C)c1. The van der Waals surface area contributed by atoms with Crippen LogP contribution in [-0.2, 0) is 12.8 Å². The van der Waals surface area contributed by atoms with E-state index in [1.165, 1.54) is 16.3 Å². The fraction of sp³-hybridized carbons (Fsp3) is 0.417. The summed E-state index contributed by atoms with van der Waals surface area (Å²) < 4.78 is 1.49. The molecule has 0 atom stereocenters. The maximum absolute atomic E-state index is 11.2. The molecule has 0 radical (unpaired) electrons. The molecule has 7 heteroatoms. The van der Waals surface area contributed by atoms with Gasteiger partial charge in [-0.15, -0.1) is 5.10 Å². The number of H-pyrrole nitrogens is 1. The Morgan fingerprint density at radius 1 is 1.53 bits per heavy atom. The summed E-state index contributed by atoms with van der Waals surface area (Å²) in [5, 5.41) is 10.4. The van der Waals surface area contributed by atoms with Crippen molar-refractivity contribution in [1.82, 2.24) is 19.7 Å². The molecule has 2 N–H and O–H groups in total. The monoisotopic (exact) mass is 279 g/mol. The van der Waals surface area contributed by atoms with Crippen LogP contribution in [0, 0.1) is 0 Å². The van der Waals surface area contributed by atoms with Gasteiger partial charge in [0.15, 0.2) is 5.16 Å². The Balaban J connectivity index is 1.99. The van der Waals surface area contributed by atoms with Crippen molar-refractivity contribution in [3.63, 3.8) is 0 Å². The van der Waals surface area contributed by atoms with Crippen molar-refractivity contribution in [3.8, 4) is 0 Å². The summed E-state index contributed by atoms with van der Waals surface area (Å²) in [7, 11) is 1.70. The molecular formula is C12H17N5OS. The van der Waals surface area contributed by atoms with E-state index in [1.54, 1.807) is 13.2 Å². The van der Waals surface area contributed by atoms with E-state index in [0.717, 1.165) is 24.3 Å². The van der Waals surface area contributed by atoms with E-state index in [9.17, 15) is 4.79 Å². The van der Waals surface area contributed by atoms with Crippen LogP contribution in [0.4, 0.5) is 5.69 Å². The molecule has 2 heterocycles.